The third kappa shape index (κ3) is 2.94. The van der Waals surface area contributed by atoms with Gasteiger partial charge in [0.15, 0.2) is 0 Å². The monoisotopic (exact) mass is 205 g/mol. The first-order chi connectivity index (χ1) is 7.34. The zero-order chi connectivity index (χ0) is 10.5. The van der Waals surface area contributed by atoms with Crippen molar-refractivity contribution < 1.29 is 4.79 Å². The minimum absolute atomic E-state index is 0.0459. The molecule has 1 aromatic heterocycles. The van der Waals surface area contributed by atoms with Gasteiger partial charge < -0.3 is 5.32 Å². The SMILES string of the molecule is O=C(CC1=CCCCC1)Nc1cn[nH]c1. The van der Waals surface area contributed by atoms with Crippen LogP contribution in [0.3, 0.4) is 0 Å². The Morgan fingerprint density at radius 1 is 1.53 bits per heavy atom. The number of hydrogen-bond acceptors (Lipinski definition) is 2. The molecule has 2 rings (SSSR count). The number of aromatic amines is 1. The molecule has 80 valence electrons. The molecule has 0 radical (unpaired) electrons. The molecule has 4 heteroatoms. The van der Waals surface area contributed by atoms with E-state index in [1.807, 2.05) is 0 Å². The molecule has 0 fully saturated rings. The zero-order valence-electron chi connectivity index (χ0n) is 8.62. The Bertz CT molecular complexity index is 354. The molecule has 0 bridgehead atoms. The molecule has 0 aliphatic heterocycles. The van der Waals surface area contributed by atoms with Crippen molar-refractivity contribution in [2.75, 3.05) is 5.32 Å². The van der Waals surface area contributed by atoms with Crippen LogP contribution in [-0.4, -0.2) is 16.1 Å². The van der Waals surface area contributed by atoms with E-state index in [1.54, 1.807) is 12.4 Å². The summed E-state index contributed by atoms with van der Waals surface area (Å²) in [6, 6.07) is 0. The van der Waals surface area contributed by atoms with E-state index in [4.69, 9.17) is 0 Å². The van der Waals surface area contributed by atoms with E-state index < -0.39 is 0 Å². The number of carbonyl (C=O) groups excluding carboxylic acids is 1. The lowest BCUT2D eigenvalue weighted by Crippen LogP contribution is -2.12. The smallest absolute Gasteiger partial charge is 0.228 e. The summed E-state index contributed by atoms with van der Waals surface area (Å²) < 4.78 is 0. The molecule has 4 nitrogen and oxygen atoms in total. The summed E-state index contributed by atoms with van der Waals surface area (Å²) in [6.45, 7) is 0. The van der Waals surface area contributed by atoms with Gasteiger partial charge in [-0.1, -0.05) is 11.6 Å². The largest absolute Gasteiger partial charge is 0.323 e. The highest BCUT2D eigenvalue weighted by molar-refractivity contribution is 5.91. The van der Waals surface area contributed by atoms with Gasteiger partial charge in [0.25, 0.3) is 0 Å². The maximum absolute atomic E-state index is 11.6. The van der Waals surface area contributed by atoms with E-state index in [0.717, 1.165) is 18.5 Å². The summed E-state index contributed by atoms with van der Waals surface area (Å²) >= 11 is 0. The van der Waals surface area contributed by atoms with Crippen LogP contribution in [0.25, 0.3) is 0 Å². The first-order valence-electron chi connectivity index (χ1n) is 5.31. The van der Waals surface area contributed by atoms with Gasteiger partial charge in [0.1, 0.15) is 0 Å². The van der Waals surface area contributed by atoms with Crippen LogP contribution in [0.15, 0.2) is 24.0 Å². The Morgan fingerprint density at radius 2 is 2.47 bits per heavy atom. The van der Waals surface area contributed by atoms with Crippen LogP contribution in [0.2, 0.25) is 0 Å². The van der Waals surface area contributed by atoms with Gasteiger partial charge in [-0.25, -0.2) is 0 Å². The van der Waals surface area contributed by atoms with E-state index in [2.05, 4.69) is 21.6 Å². The van der Waals surface area contributed by atoms with Crippen LogP contribution in [0.5, 0.6) is 0 Å². The molecule has 1 amide bonds. The van der Waals surface area contributed by atoms with Crippen LogP contribution >= 0.6 is 0 Å². The molecule has 0 spiro atoms. The van der Waals surface area contributed by atoms with Gasteiger partial charge >= 0.3 is 0 Å². The zero-order valence-corrected chi connectivity index (χ0v) is 8.62. The molecule has 1 heterocycles. The van der Waals surface area contributed by atoms with Gasteiger partial charge in [0, 0.05) is 12.6 Å². The van der Waals surface area contributed by atoms with Gasteiger partial charge in [-0.05, 0) is 25.7 Å². The normalized spacial score (nSPS) is 15.9. The summed E-state index contributed by atoms with van der Waals surface area (Å²) in [5.74, 6) is 0.0459. The van der Waals surface area contributed by atoms with E-state index in [9.17, 15) is 4.79 Å². The Labute approximate surface area is 88.8 Å². The fourth-order valence-electron chi connectivity index (χ4n) is 1.80. The quantitative estimate of drug-likeness (QED) is 0.743. The number of allylic oxidation sites excluding steroid dienone is 1. The maximum Gasteiger partial charge on any atom is 0.228 e. The number of hydrogen-bond donors (Lipinski definition) is 2. The van der Waals surface area contributed by atoms with Crippen LogP contribution < -0.4 is 5.32 Å². The van der Waals surface area contributed by atoms with E-state index in [0.29, 0.717) is 6.42 Å². The Morgan fingerprint density at radius 3 is 3.13 bits per heavy atom. The Hall–Kier alpha value is -1.58. The predicted octanol–water partition coefficient (Wildman–Crippen LogP) is 2.24. The molecule has 1 aliphatic rings. The molecule has 0 atom stereocenters. The fraction of sp³-hybridized carbons (Fsp3) is 0.455. The first-order valence-corrected chi connectivity index (χ1v) is 5.31. The fourth-order valence-corrected chi connectivity index (χ4v) is 1.80. The van der Waals surface area contributed by atoms with Crippen molar-refractivity contribution in [3.8, 4) is 0 Å². The second kappa shape index (κ2) is 4.77. The number of nitrogens with one attached hydrogen (secondary N) is 2. The molecular weight excluding hydrogens is 190 g/mol. The molecular formula is C11H15N3O. The van der Waals surface area contributed by atoms with Crippen molar-refractivity contribution in [2.45, 2.75) is 32.1 Å². The highest BCUT2D eigenvalue weighted by Crippen LogP contribution is 2.20. The summed E-state index contributed by atoms with van der Waals surface area (Å²) in [5.41, 5.74) is 2.00. The highest BCUT2D eigenvalue weighted by atomic mass is 16.1. The molecule has 2 N–H and O–H groups in total. The first kappa shape index (κ1) is 9.96. The molecule has 0 saturated carbocycles. The third-order valence-corrected chi connectivity index (χ3v) is 2.55. The molecule has 0 saturated heterocycles. The minimum Gasteiger partial charge on any atom is -0.323 e. The van der Waals surface area contributed by atoms with Crippen LogP contribution in [0.4, 0.5) is 5.69 Å². The van der Waals surface area contributed by atoms with E-state index in [1.165, 1.54) is 18.4 Å². The molecule has 15 heavy (non-hydrogen) atoms. The third-order valence-electron chi connectivity index (χ3n) is 2.55. The molecule has 1 aliphatic carbocycles. The average molecular weight is 205 g/mol. The number of H-pyrrole nitrogens is 1. The summed E-state index contributed by atoms with van der Waals surface area (Å²) in [5, 5.41) is 9.22. The number of anilines is 1. The van der Waals surface area contributed by atoms with Crippen LogP contribution in [-0.2, 0) is 4.79 Å². The number of rotatable bonds is 3. The topological polar surface area (TPSA) is 57.8 Å². The lowest BCUT2D eigenvalue weighted by Gasteiger charge is -2.11. The van der Waals surface area contributed by atoms with Crippen molar-refractivity contribution in [2.24, 2.45) is 0 Å². The van der Waals surface area contributed by atoms with E-state index >= 15 is 0 Å². The summed E-state index contributed by atoms with van der Waals surface area (Å²) in [7, 11) is 0. The predicted molar refractivity (Wildman–Crippen MR) is 58.4 cm³/mol. The number of nitrogens with zero attached hydrogens (tertiary/aromatic N) is 1. The molecule has 0 unspecified atom stereocenters. The Kier molecular flexibility index (Phi) is 3.17. The van der Waals surface area contributed by atoms with E-state index in [-0.39, 0.29) is 5.91 Å². The summed E-state index contributed by atoms with van der Waals surface area (Å²) in [6.07, 6.45) is 10.6. The number of carbonyl (C=O) groups is 1. The maximum atomic E-state index is 11.6. The average Bonchev–Trinajstić information content (AvgIpc) is 2.71. The van der Waals surface area contributed by atoms with Gasteiger partial charge in [-0.15, -0.1) is 0 Å². The highest BCUT2D eigenvalue weighted by Gasteiger charge is 2.09. The van der Waals surface area contributed by atoms with Gasteiger partial charge in [-0.3, -0.25) is 9.89 Å². The number of aromatic nitrogens is 2. The number of amides is 1. The summed E-state index contributed by atoms with van der Waals surface area (Å²) in [4.78, 5) is 11.6. The van der Waals surface area contributed by atoms with Gasteiger partial charge in [-0.2, -0.15) is 5.10 Å². The molecule has 0 aromatic carbocycles. The van der Waals surface area contributed by atoms with Crippen molar-refractivity contribution in [3.63, 3.8) is 0 Å². The van der Waals surface area contributed by atoms with Crippen molar-refractivity contribution >= 4 is 11.6 Å². The lowest BCUT2D eigenvalue weighted by atomic mass is 9.97. The standard InChI is InChI=1S/C11H15N3O/c15-11(14-10-7-12-13-8-10)6-9-4-2-1-3-5-9/h4,7-8H,1-3,5-6H2,(H,12,13)(H,14,15). The lowest BCUT2D eigenvalue weighted by molar-refractivity contribution is -0.115. The van der Waals surface area contributed by atoms with Crippen LogP contribution in [0.1, 0.15) is 32.1 Å². The second-order valence-electron chi connectivity index (χ2n) is 3.82. The Balaban J connectivity index is 1.84. The van der Waals surface area contributed by atoms with Crippen molar-refractivity contribution in [1.82, 2.24) is 10.2 Å². The van der Waals surface area contributed by atoms with Gasteiger partial charge in [0.05, 0.1) is 11.9 Å². The van der Waals surface area contributed by atoms with Crippen molar-refractivity contribution in [3.05, 3.63) is 24.0 Å². The minimum atomic E-state index is 0.0459. The van der Waals surface area contributed by atoms with Crippen molar-refractivity contribution in [1.29, 1.82) is 0 Å². The molecule has 1 aromatic rings. The van der Waals surface area contributed by atoms with Crippen LogP contribution in [0, 0.1) is 0 Å². The van der Waals surface area contributed by atoms with Gasteiger partial charge in [0.2, 0.25) is 5.91 Å². The second-order valence-corrected chi connectivity index (χ2v) is 3.82.